The lowest BCUT2D eigenvalue weighted by Gasteiger charge is -2.33. The molecule has 2 amide bonds. The summed E-state index contributed by atoms with van der Waals surface area (Å²) in [5, 5.41) is 20.3. The minimum absolute atomic E-state index is 0.0807. The first kappa shape index (κ1) is 16.2. The Kier molecular flexibility index (Phi) is 5.48. The van der Waals surface area contributed by atoms with Crippen molar-refractivity contribution >= 4 is 6.03 Å². The highest BCUT2D eigenvalue weighted by molar-refractivity contribution is 5.74. The van der Waals surface area contributed by atoms with Crippen LogP contribution in [0.4, 0.5) is 4.79 Å². The van der Waals surface area contributed by atoms with Crippen molar-refractivity contribution in [1.29, 1.82) is 0 Å². The molecule has 0 aromatic carbocycles. The summed E-state index contributed by atoms with van der Waals surface area (Å²) >= 11 is 0. The number of amides is 2. The van der Waals surface area contributed by atoms with Crippen LogP contribution in [0.25, 0.3) is 0 Å². The Morgan fingerprint density at radius 3 is 2.48 bits per heavy atom. The lowest BCUT2D eigenvalue weighted by atomic mass is 10.1. The summed E-state index contributed by atoms with van der Waals surface area (Å²) in [5.41, 5.74) is 0.596. The number of likely N-dealkylation sites (tertiary alicyclic amines) is 1. The van der Waals surface area contributed by atoms with E-state index in [1.54, 1.807) is 6.20 Å². The van der Waals surface area contributed by atoms with Crippen LogP contribution in [0.2, 0.25) is 0 Å². The van der Waals surface area contributed by atoms with E-state index in [2.05, 4.69) is 15.6 Å². The minimum atomic E-state index is -0.0807. The third-order valence-corrected chi connectivity index (χ3v) is 5.03. The first-order chi connectivity index (χ1) is 11.3. The fourth-order valence-corrected chi connectivity index (χ4v) is 3.59. The molecular weight excluding hydrogens is 294 g/mol. The van der Waals surface area contributed by atoms with Gasteiger partial charge in [-0.05, 0) is 25.7 Å². The van der Waals surface area contributed by atoms with Crippen LogP contribution in [0.15, 0.2) is 6.20 Å². The predicted molar refractivity (Wildman–Crippen MR) is 85.8 cm³/mol. The summed E-state index contributed by atoms with van der Waals surface area (Å²) in [6.45, 7) is 1.41. The highest BCUT2D eigenvalue weighted by Crippen LogP contribution is 2.22. The number of hydrogen-bond acceptors (Lipinski definition) is 4. The zero-order chi connectivity index (χ0) is 16.1. The number of urea groups is 1. The van der Waals surface area contributed by atoms with E-state index in [0.717, 1.165) is 38.8 Å². The van der Waals surface area contributed by atoms with Gasteiger partial charge in [0, 0.05) is 19.1 Å². The van der Waals surface area contributed by atoms with Crippen molar-refractivity contribution in [3.63, 3.8) is 0 Å². The normalized spacial score (nSPS) is 21.2. The smallest absolute Gasteiger partial charge is 0.317 e. The van der Waals surface area contributed by atoms with Gasteiger partial charge < -0.3 is 15.3 Å². The van der Waals surface area contributed by atoms with E-state index in [4.69, 9.17) is 5.11 Å². The highest BCUT2D eigenvalue weighted by atomic mass is 16.3. The molecule has 0 spiro atoms. The Balaban J connectivity index is 1.47. The molecule has 7 nitrogen and oxygen atoms in total. The second-order valence-corrected chi connectivity index (χ2v) is 6.70. The molecule has 0 atom stereocenters. The zero-order valence-electron chi connectivity index (χ0n) is 13.7. The van der Waals surface area contributed by atoms with E-state index >= 15 is 0 Å². The minimum Gasteiger partial charge on any atom is -0.390 e. The maximum Gasteiger partial charge on any atom is 0.317 e. The molecule has 7 heteroatoms. The third kappa shape index (κ3) is 4.22. The van der Waals surface area contributed by atoms with Crippen LogP contribution in [-0.2, 0) is 6.61 Å². The third-order valence-electron chi connectivity index (χ3n) is 5.03. The van der Waals surface area contributed by atoms with Crippen LogP contribution < -0.4 is 5.32 Å². The maximum atomic E-state index is 12.4. The van der Waals surface area contributed by atoms with Crippen molar-refractivity contribution in [2.24, 2.45) is 0 Å². The van der Waals surface area contributed by atoms with Gasteiger partial charge in [0.15, 0.2) is 0 Å². The number of aliphatic hydroxyl groups is 1. The molecule has 3 rings (SSSR count). The summed E-state index contributed by atoms with van der Waals surface area (Å²) in [6.07, 6.45) is 10.8. The average molecular weight is 321 g/mol. The van der Waals surface area contributed by atoms with Crippen LogP contribution in [0, 0.1) is 0 Å². The second kappa shape index (κ2) is 7.77. The molecule has 1 saturated heterocycles. The van der Waals surface area contributed by atoms with E-state index in [1.807, 2.05) is 9.58 Å². The molecule has 2 fully saturated rings. The van der Waals surface area contributed by atoms with Gasteiger partial charge in [-0.3, -0.25) is 0 Å². The van der Waals surface area contributed by atoms with Crippen molar-refractivity contribution in [2.75, 3.05) is 13.1 Å². The largest absolute Gasteiger partial charge is 0.390 e. The number of hydrogen-bond donors (Lipinski definition) is 2. The van der Waals surface area contributed by atoms with Crippen molar-refractivity contribution < 1.29 is 9.90 Å². The summed E-state index contributed by atoms with van der Waals surface area (Å²) in [5.74, 6) is 0. The van der Waals surface area contributed by atoms with Gasteiger partial charge in [-0.15, -0.1) is 5.10 Å². The van der Waals surface area contributed by atoms with E-state index < -0.39 is 0 Å². The van der Waals surface area contributed by atoms with Crippen LogP contribution >= 0.6 is 0 Å². The van der Waals surface area contributed by atoms with Gasteiger partial charge in [0.25, 0.3) is 0 Å². The topological polar surface area (TPSA) is 83.3 Å². The van der Waals surface area contributed by atoms with Crippen LogP contribution in [0.5, 0.6) is 0 Å². The molecule has 1 aliphatic heterocycles. The van der Waals surface area contributed by atoms with Gasteiger partial charge in [-0.25, -0.2) is 9.48 Å². The number of aliphatic hydroxyl groups excluding tert-OH is 1. The molecule has 2 aliphatic rings. The molecule has 0 bridgehead atoms. The van der Waals surface area contributed by atoms with Gasteiger partial charge in [-0.2, -0.15) is 0 Å². The molecule has 0 unspecified atom stereocenters. The molecule has 0 radical (unpaired) electrons. The van der Waals surface area contributed by atoms with E-state index in [-0.39, 0.29) is 18.7 Å². The average Bonchev–Trinajstić information content (AvgIpc) is 2.93. The Bertz CT molecular complexity index is 502. The molecular formula is C16H27N5O2. The van der Waals surface area contributed by atoms with Crippen LogP contribution in [-0.4, -0.2) is 50.2 Å². The molecule has 1 aromatic rings. The number of carbonyl (C=O) groups is 1. The number of piperidine rings is 1. The highest BCUT2D eigenvalue weighted by Gasteiger charge is 2.26. The Morgan fingerprint density at radius 2 is 1.87 bits per heavy atom. The Hall–Kier alpha value is -1.63. The number of nitrogens with one attached hydrogen (secondary N) is 1. The maximum absolute atomic E-state index is 12.4. The SMILES string of the molecule is O=C(NC1CCCCCC1)N1CCC(n2cc(CO)nn2)CC1. The monoisotopic (exact) mass is 321 g/mol. The van der Waals surface area contributed by atoms with Crippen LogP contribution in [0.3, 0.4) is 0 Å². The van der Waals surface area contributed by atoms with Gasteiger partial charge in [0.2, 0.25) is 0 Å². The van der Waals surface area contributed by atoms with Gasteiger partial charge >= 0.3 is 6.03 Å². The first-order valence-corrected chi connectivity index (χ1v) is 8.83. The van der Waals surface area contributed by atoms with E-state index in [1.165, 1.54) is 25.7 Å². The summed E-state index contributed by atoms with van der Waals surface area (Å²) < 4.78 is 1.83. The molecule has 1 aromatic heterocycles. The Morgan fingerprint density at radius 1 is 1.17 bits per heavy atom. The number of rotatable bonds is 3. The number of nitrogens with zero attached hydrogens (tertiary/aromatic N) is 4. The molecule has 128 valence electrons. The fraction of sp³-hybridized carbons (Fsp3) is 0.812. The zero-order valence-corrected chi connectivity index (χ0v) is 13.7. The molecule has 2 heterocycles. The fourth-order valence-electron chi connectivity index (χ4n) is 3.59. The summed E-state index contributed by atoms with van der Waals surface area (Å²) in [7, 11) is 0. The number of aromatic nitrogens is 3. The summed E-state index contributed by atoms with van der Waals surface area (Å²) in [6, 6.07) is 0.708. The van der Waals surface area contributed by atoms with Crippen LogP contribution in [0.1, 0.15) is 63.1 Å². The van der Waals surface area contributed by atoms with Gasteiger partial charge in [-0.1, -0.05) is 30.9 Å². The standard InChI is InChI=1S/C16H27N5O2/c22-12-14-11-21(19-18-14)15-7-9-20(10-8-15)16(23)17-13-5-3-1-2-4-6-13/h11,13,15,22H,1-10,12H2,(H,17,23). The van der Waals surface area contributed by atoms with E-state index in [0.29, 0.717) is 11.7 Å². The summed E-state index contributed by atoms with van der Waals surface area (Å²) in [4.78, 5) is 14.3. The number of carbonyl (C=O) groups excluding carboxylic acids is 1. The Labute approximate surface area is 137 Å². The van der Waals surface area contributed by atoms with E-state index in [9.17, 15) is 4.79 Å². The molecule has 23 heavy (non-hydrogen) atoms. The van der Waals surface area contributed by atoms with Gasteiger partial charge in [0.1, 0.15) is 5.69 Å². The second-order valence-electron chi connectivity index (χ2n) is 6.70. The van der Waals surface area contributed by atoms with Crippen molar-refractivity contribution in [1.82, 2.24) is 25.2 Å². The first-order valence-electron chi connectivity index (χ1n) is 8.83. The van der Waals surface area contributed by atoms with Crippen molar-refractivity contribution in [3.8, 4) is 0 Å². The van der Waals surface area contributed by atoms with Gasteiger partial charge in [0.05, 0.1) is 18.8 Å². The molecule has 1 aliphatic carbocycles. The molecule has 1 saturated carbocycles. The lowest BCUT2D eigenvalue weighted by molar-refractivity contribution is 0.164. The lowest BCUT2D eigenvalue weighted by Crippen LogP contribution is -2.48. The van der Waals surface area contributed by atoms with Crippen molar-refractivity contribution in [3.05, 3.63) is 11.9 Å². The van der Waals surface area contributed by atoms with Crippen molar-refractivity contribution in [2.45, 2.75) is 70.1 Å². The predicted octanol–water partition coefficient (Wildman–Crippen LogP) is 1.84. The molecule has 2 N–H and O–H groups in total. The quantitative estimate of drug-likeness (QED) is 0.832.